The van der Waals surface area contributed by atoms with Gasteiger partial charge in [0, 0.05) is 21.2 Å². The minimum atomic E-state index is -0.322. The number of fused-ring (bicyclic) bond motifs is 1. The topological polar surface area (TPSA) is 71.1 Å². The van der Waals surface area contributed by atoms with E-state index in [1.54, 1.807) is 36.4 Å². The number of carbonyl (C=O) groups excluding carboxylic acids is 2. The zero-order valence-corrected chi connectivity index (χ0v) is 15.8. The highest BCUT2D eigenvalue weighted by atomic mass is 35.5. The Balaban J connectivity index is 1.47. The maximum atomic E-state index is 12.7. The van der Waals surface area contributed by atoms with Crippen LogP contribution < -0.4 is 10.6 Å². The number of benzene rings is 2. The standard InChI is InChI=1S/C20H16ClN3O2S/c21-13-7-4-8-14(11-13)22-19(26)15-9-10-16-17(15)23-20(27-16)24-18(25)12-5-2-1-3-6-12/h1-8,11,15H,9-10H2,(H,22,26)(H,23,24,25). The molecule has 7 heteroatoms. The Bertz CT molecular complexity index is 1000. The summed E-state index contributed by atoms with van der Waals surface area (Å²) < 4.78 is 0. The van der Waals surface area contributed by atoms with Gasteiger partial charge in [0.15, 0.2) is 5.13 Å². The number of hydrogen-bond acceptors (Lipinski definition) is 4. The number of amides is 2. The van der Waals surface area contributed by atoms with E-state index in [2.05, 4.69) is 15.6 Å². The minimum Gasteiger partial charge on any atom is -0.325 e. The van der Waals surface area contributed by atoms with Gasteiger partial charge < -0.3 is 5.32 Å². The zero-order valence-electron chi connectivity index (χ0n) is 14.2. The molecule has 4 rings (SSSR count). The minimum absolute atomic E-state index is 0.109. The van der Waals surface area contributed by atoms with Crippen molar-refractivity contribution in [1.29, 1.82) is 0 Å². The lowest BCUT2D eigenvalue weighted by molar-refractivity contribution is -0.117. The largest absolute Gasteiger partial charge is 0.325 e. The van der Waals surface area contributed by atoms with Crippen LogP contribution in [-0.2, 0) is 11.2 Å². The molecule has 0 saturated carbocycles. The van der Waals surface area contributed by atoms with Crippen molar-refractivity contribution in [2.75, 3.05) is 10.6 Å². The van der Waals surface area contributed by atoms with Crippen LogP contribution in [0.25, 0.3) is 0 Å². The number of thiazole rings is 1. The van der Waals surface area contributed by atoms with Crippen molar-refractivity contribution in [3.05, 3.63) is 75.8 Å². The van der Waals surface area contributed by atoms with Crippen LogP contribution in [0.3, 0.4) is 0 Å². The van der Waals surface area contributed by atoms with Crippen LogP contribution in [0, 0.1) is 0 Å². The Labute approximate surface area is 165 Å². The first-order valence-corrected chi connectivity index (χ1v) is 9.72. The highest BCUT2D eigenvalue weighted by Gasteiger charge is 2.33. The summed E-state index contributed by atoms with van der Waals surface area (Å²) in [6.45, 7) is 0. The molecule has 2 amide bonds. The van der Waals surface area contributed by atoms with Crippen molar-refractivity contribution in [2.45, 2.75) is 18.8 Å². The Morgan fingerprint density at radius 2 is 1.89 bits per heavy atom. The summed E-state index contributed by atoms with van der Waals surface area (Å²) in [5.41, 5.74) is 1.99. The Morgan fingerprint density at radius 1 is 1.07 bits per heavy atom. The average Bonchev–Trinajstić information content (AvgIpc) is 3.22. The number of aromatic nitrogens is 1. The van der Waals surface area contributed by atoms with Crippen LogP contribution in [0.15, 0.2) is 54.6 Å². The van der Waals surface area contributed by atoms with Crippen LogP contribution in [0.1, 0.15) is 33.3 Å². The summed E-state index contributed by atoms with van der Waals surface area (Å²) in [4.78, 5) is 30.5. The molecule has 1 atom stereocenters. The molecule has 1 aliphatic carbocycles. The van der Waals surface area contributed by atoms with E-state index in [9.17, 15) is 9.59 Å². The van der Waals surface area contributed by atoms with Crippen molar-refractivity contribution in [2.24, 2.45) is 0 Å². The molecule has 1 heterocycles. The van der Waals surface area contributed by atoms with E-state index in [-0.39, 0.29) is 17.7 Å². The fourth-order valence-corrected chi connectivity index (χ4v) is 4.31. The summed E-state index contributed by atoms with van der Waals surface area (Å²) in [5, 5.41) is 6.81. The van der Waals surface area contributed by atoms with Gasteiger partial charge in [-0.2, -0.15) is 0 Å². The van der Waals surface area contributed by atoms with Crippen LogP contribution in [0.2, 0.25) is 5.02 Å². The lowest BCUT2D eigenvalue weighted by Crippen LogP contribution is -2.20. The predicted molar refractivity (Wildman–Crippen MR) is 108 cm³/mol. The Morgan fingerprint density at radius 3 is 2.67 bits per heavy atom. The molecule has 0 fully saturated rings. The third-order valence-corrected chi connectivity index (χ3v) is 5.66. The molecule has 2 N–H and O–H groups in total. The fourth-order valence-electron chi connectivity index (χ4n) is 3.09. The van der Waals surface area contributed by atoms with Gasteiger partial charge in [0.1, 0.15) is 0 Å². The number of anilines is 2. The molecule has 2 aromatic carbocycles. The second kappa shape index (κ2) is 7.50. The smallest absolute Gasteiger partial charge is 0.257 e. The first-order valence-electron chi connectivity index (χ1n) is 8.52. The van der Waals surface area contributed by atoms with Gasteiger partial charge in [-0.15, -0.1) is 11.3 Å². The molecule has 27 heavy (non-hydrogen) atoms. The number of aryl methyl sites for hydroxylation is 1. The number of halogens is 1. The van der Waals surface area contributed by atoms with Crippen LogP contribution in [-0.4, -0.2) is 16.8 Å². The second-order valence-electron chi connectivity index (χ2n) is 6.24. The summed E-state index contributed by atoms with van der Waals surface area (Å²) in [6.07, 6.45) is 1.50. The normalized spacial score (nSPS) is 15.2. The highest BCUT2D eigenvalue weighted by molar-refractivity contribution is 7.16. The SMILES string of the molecule is O=C(Nc1nc2c(s1)CCC2C(=O)Nc1cccc(Cl)c1)c1ccccc1. The first kappa shape index (κ1) is 17.7. The third-order valence-electron chi connectivity index (χ3n) is 4.38. The van der Waals surface area contributed by atoms with Gasteiger partial charge in [-0.1, -0.05) is 35.9 Å². The van der Waals surface area contributed by atoms with Gasteiger partial charge in [0.2, 0.25) is 5.91 Å². The zero-order chi connectivity index (χ0) is 18.8. The number of carbonyl (C=O) groups is 2. The molecular weight excluding hydrogens is 382 g/mol. The van der Waals surface area contributed by atoms with Crippen molar-refractivity contribution in [3.63, 3.8) is 0 Å². The lowest BCUT2D eigenvalue weighted by Gasteiger charge is -2.11. The van der Waals surface area contributed by atoms with Crippen molar-refractivity contribution >= 4 is 45.6 Å². The highest BCUT2D eigenvalue weighted by Crippen LogP contribution is 2.39. The number of hydrogen-bond donors (Lipinski definition) is 2. The lowest BCUT2D eigenvalue weighted by atomic mass is 10.1. The average molecular weight is 398 g/mol. The number of nitrogens with zero attached hydrogens (tertiary/aromatic N) is 1. The quantitative estimate of drug-likeness (QED) is 0.669. The van der Waals surface area contributed by atoms with E-state index in [4.69, 9.17) is 11.6 Å². The molecule has 3 aromatic rings. The third kappa shape index (κ3) is 3.86. The van der Waals surface area contributed by atoms with Crippen molar-refractivity contribution in [1.82, 2.24) is 4.98 Å². The molecule has 1 unspecified atom stereocenters. The van der Waals surface area contributed by atoms with Crippen LogP contribution in [0.5, 0.6) is 0 Å². The molecular formula is C20H16ClN3O2S. The van der Waals surface area contributed by atoms with Gasteiger partial charge >= 0.3 is 0 Å². The molecule has 0 saturated heterocycles. The van der Waals surface area contributed by atoms with Crippen LogP contribution in [0.4, 0.5) is 10.8 Å². The maximum absolute atomic E-state index is 12.7. The summed E-state index contributed by atoms with van der Waals surface area (Å²) in [5.74, 6) is -0.636. The number of rotatable bonds is 4. The van der Waals surface area contributed by atoms with E-state index < -0.39 is 0 Å². The van der Waals surface area contributed by atoms with Crippen molar-refractivity contribution < 1.29 is 9.59 Å². The summed E-state index contributed by atoms with van der Waals surface area (Å²) in [6, 6.07) is 16.0. The molecule has 1 aromatic heterocycles. The van der Waals surface area contributed by atoms with E-state index >= 15 is 0 Å². The van der Waals surface area contributed by atoms with Gasteiger partial charge in [0.25, 0.3) is 5.91 Å². The fraction of sp³-hybridized carbons (Fsp3) is 0.150. The molecule has 5 nitrogen and oxygen atoms in total. The van der Waals surface area contributed by atoms with E-state index in [1.807, 2.05) is 18.2 Å². The van der Waals surface area contributed by atoms with E-state index in [1.165, 1.54) is 11.3 Å². The molecule has 0 radical (unpaired) electrons. The van der Waals surface area contributed by atoms with E-state index in [0.29, 0.717) is 27.8 Å². The summed E-state index contributed by atoms with van der Waals surface area (Å²) >= 11 is 7.40. The summed E-state index contributed by atoms with van der Waals surface area (Å²) in [7, 11) is 0. The van der Waals surface area contributed by atoms with Crippen molar-refractivity contribution in [3.8, 4) is 0 Å². The predicted octanol–water partition coefficient (Wildman–Crippen LogP) is 4.72. The van der Waals surface area contributed by atoms with Gasteiger partial charge in [0.05, 0.1) is 11.6 Å². The van der Waals surface area contributed by atoms with Crippen LogP contribution >= 0.6 is 22.9 Å². The molecule has 136 valence electrons. The molecule has 1 aliphatic rings. The molecule has 0 aliphatic heterocycles. The van der Waals surface area contributed by atoms with Gasteiger partial charge in [-0.3, -0.25) is 14.9 Å². The monoisotopic (exact) mass is 397 g/mol. The second-order valence-corrected chi connectivity index (χ2v) is 7.76. The maximum Gasteiger partial charge on any atom is 0.257 e. The Hall–Kier alpha value is -2.70. The Kier molecular flexibility index (Phi) is 4.92. The molecule has 0 spiro atoms. The number of nitrogens with one attached hydrogen (secondary N) is 2. The first-order chi connectivity index (χ1) is 13.1. The van der Waals surface area contributed by atoms with Gasteiger partial charge in [-0.25, -0.2) is 4.98 Å². The van der Waals surface area contributed by atoms with E-state index in [0.717, 1.165) is 17.0 Å². The molecule has 0 bridgehead atoms. The van der Waals surface area contributed by atoms with Gasteiger partial charge in [-0.05, 0) is 43.2 Å².